The third-order valence-electron chi connectivity index (χ3n) is 5.74. The van der Waals surface area contributed by atoms with Crippen LogP contribution in [0, 0.1) is 6.92 Å². The van der Waals surface area contributed by atoms with Crippen LogP contribution in [0.2, 0.25) is 0 Å². The van der Waals surface area contributed by atoms with E-state index in [-0.39, 0.29) is 11.9 Å². The van der Waals surface area contributed by atoms with Gasteiger partial charge >= 0.3 is 0 Å². The molecule has 5 rings (SSSR count). The van der Waals surface area contributed by atoms with Crippen LogP contribution in [-0.4, -0.2) is 23.2 Å². The Labute approximate surface area is 176 Å². The van der Waals surface area contributed by atoms with Gasteiger partial charge in [0.1, 0.15) is 5.84 Å². The van der Waals surface area contributed by atoms with Gasteiger partial charge in [0.15, 0.2) is 0 Å². The van der Waals surface area contributed by atoms with E-state index < -0.39 is 0 Å². The third kappa shape index (κ3) is 3.18. The lowest BCUT2D eigenvalue weighted by Crippen LogP contribution is -2.37. The van der Waals surface area contributed by atoms with Gasteiger partial charge in [0, 0.05) is 11.1 Å². The van der Waals surface area contributed by atoms with Crippen LogP contribution in [0.1, 0.15) is 33.1 Å². The van der Waals surface area contributed by atoms with E-state index >= 15 is 0 Å². The lowest BCUT2D eigenvalue weighted by molar-refractivity contribution is 0.0818. The van der Waals surface area contributed by atoms with Gasteiger partial charge in [-0.1, -0.05) is 84.9 Å². The van der Waals surface area contributed by atoms with Crippen LogP contribution in [0.5, 0.6) is 0 Å². The number of amides is 1. The number of aryl methyl sites for hydroxylation is 1. The van der Waals surface area contributed by atoms with Crippen LogP contribution in [-0.2, 0) is 0 Å². The summed E-state index contributed by atoms with van der Waals surface area (Å²) in [7, 11) is 0. The standard InChI is InChI=1S/C27H22N2O/c1-19-9-5-8-14-24(19)26-28-18-25(21-11-3-2-4-12-21)29(26)27(30)23-16-15-20-10-6-7-13-22(20)17-23/h2-17,25H,18H2,1H3/t25-/m1/s1. The molecule has 4 aromatic rings. The summed E-state index contributed by atoms with van der Waals surface area (Å²) in [6.07, 6.45) is 0. The van der Waals surface area contributed by atoms with Crippen molar-refractivity contribution in [2.45, 2.75) is 13.0 Å². The zero-order chi connectivity index (χ0) is 20.5. The van der Waals surface area contributed by atoms with E-state index in [1.807, 2.05) is 77.7 Å². The fourth-order valence-corrected chi connectivity index (χ4v) is 4.15. The van der Waals surface area contributed by atoms with Crippen LogP contribution in [0.3, 0.4) is 0 Å². The minimum absolute atomic E-state index is 0.0193. The van der Waals surface area contributed by atoms with E-state index in [4.69, 9.17) is 4.99 Å². The molecule has 0 fully saturated rings. The first-order chi connectivity index (χ1) is 14.7. The highest BCUT2D eigenvalue weighted by Gasteiger charge is 2.35. The number of hydrogen-bond donors (Lipinski definition) is 0. The largest absolute Gasteiger partial charge is 0.283 e. The van der Waals surface area contributed by atoms with Gasteiger partial charge < -0.3 is 0 Å². The Hall–Kier alpha value is -3.72. The van der Waals surface area contributed by atoms with Gasteiger partial charge in [-0.05, 0) is 41.0 Å². The number of fused-ring (bicyclic) bond motifs is 1. The molecule has 0 aromatic heterocycles. The summed E-state index contributed by atoms with van der Waals surface area (Å²) in [4.78, 5) is 20.5. The second kappa shape index (κ2) is 7.60. The Morgan fingerprint density at radius 3 is 2.33 bits per heavy atom. The number of aliphatic imine (C=N–C) groups is 1. The Bertz CT molecular complexity index is 1260. The van der Waals surface area contributed by atoms with Crippen molar-refractivity contribution < 1.29 is 4.79 Å². The molecule has 0 spiro atoms. The number of rotatable bonds is 3. The lowest BCUT2D eigenvalue weighted by Gasteiger charge is -2.27. The maximum Gasteiger partial charge on any atom is 0.260 e. The fraction of sp³-hybridized carbons (Fsp3) is 0.111. The zero-order valence-electron chi connectivity index (χ0n) is 16.8. The topological polar surface area (TPSA) is 32.7 Å². The summed E-state index contributed by atoms with van der Waals surface area (Å²) in [6, 6.07) is 32.2. The Morgan fingerprint density at radius 1 is 0.833 bits per heavy atom. The molecule has 1 atom stereocenters. The van der Waals surface area contributed by atoms with E-state index in [0.717, 1.165) is 33.3 Å². The van der Waals surface area contributed by atoms with E-state index in [1.165, 1.54) is 0 Å². The molecule has 0 bridgehead atoms. The molecule has 0 saturated heterocycles. The van der Waals surface area contributed by atoms with Gasteiger partial charge in [0.25, 0.3) is 5.91 Å². The minimum Gasteiger partial charge on any atom is -0.283 e. The summed E-state index contributed by atoms with van der Waals surface area (Å²) in [5, 5.41) is 2.19. The SMILES string of the molecule is Cc1ccccc1C1=NC[C@H](c2ccccc2)N1C(=O)c1ccc2ccccc2c1. The summed E-state index contributed by atoms with van der Waals surface area (Å²) in [5.74, 6) is 0.731. The van der Waals surface area contributed by atoms with E-state index in [1.54, 1.807) is 0 Å². The van der Waals surface area contributed by atoms with Crippen molar-refractivity contribution >= 4 is 22.5 Å². The number of carbonyl (C=O) groups excluding carboxylic acids is 1. The quantitative estimate of drug-likeness (QED) is 0.436. The number of hydrogen-bond acceptors (Lipinski definition) is 2. The fourth-order valence-electron chi connectivity index (χ4n) is 4.15. The zero-order valence-corrected chi connectivity index (χ0v) is 16.8. The predicted octanol–water partition coefficient (Wildman–Crippen LogP) is 5.79. The molecule has 0 saturated carbocycles. The van der Waals surface area contributed by atoms with Gasteiger partial charge in [-0.3, -0.25) is 14.7 Å². The van der Waals surface area contributed by atoms with Gasteiger partial charge in [-0.25, -0.2) is 0 Å². The van der Waals surface area contributed by atoms with Gasteiger partial charge in [-0.2, -0.15) is 0 Å². The molecule has 0 N–H and O–H groups in total. The second-order valence-corrected chi connectivity index (χ2v) is 7.64. The Kier molecular flexibility index (Phi) is 4.64. The summed E-state index contributed by atoms with van der Waals surface area (Å²) in [5.41, 5.74) is 3.89. The average Bonchev–Trinajstić information content (AvgIpc) is 3.24. The molecule has 30 heavy (non-hydrogen) atoms. The molecule has 1 aliphatic rings. The average molecular weight is 390 g/mol. The van der Waals surface area contributed by atoms with Crippen LogP contribution < -0.4 is 0 Å². The van der Waals surface area contributed by atoms with Gasteiger partial charge in [0.2, 0.25) is 0 Å². The molecule has 3 nitrogen and oxygen atoms in total. The molecule has 0 aliphatic carbocycles. The van der Waals surface area contributed by atoms with Gasteiger partial charge in [0.05, 0.1) is 12.6 Å². The van der Waals surface area contributed by atoms with Crippen molar-refractivity contribution in [2.24, 2.45) is 4.99 Å². The highest BCUT2D eigenvalue weighted by atomic mass is 16.2. The third-order valence-corrected chi connectivity index (χ3v) is 5.74. The lowest BCUT2D eigenvalue weighted by atomic mass is 10.0. The molecule has 0 unspecified atom stereocenters. The maximum atomic E-state index is 13.8. The number of amidine groups is 1. The van der Waals surface area contributed by atoms with E-state index in [0.29, 0.717) is 12.1 Å². The molecule has 1 aliphatic heterocycles. The van der Waals surface area contributed by atoms with Crippen molar-refractivity contribution in [2.75, 3.05) is 6.54 Å². The predicted molar refractivity (Wildman–Crippen MR) is 122 cm³/mol. The van der Waals surface area contributed by atoms with Crippen molar-refractivity contribution in [1.29, 1.82) is 0 Å². The second-order valence-electron chi connectivity index (χ2n) is 7.64. The van der Waals surface area contributed by atoms with E-state index in [9.17, 15) is 4.79 Å². The molecule has 1 amide bonds. The molecular weight excluding hydrogens is 368 g/mol. The first-order valence-corrected chi connectivity index (χ1v) is 10.2. The molecule has 3 heteroatoms. The number of nitrogens with zero attached hydrogens (tertiary/aromatic N) is 2. The molecule has 0 radical (unpaired) electrons. The first kappa shape index (κ1) is 18.3. The van der Waals surface area contributed by atoms with Crippen LogP contribution in [0.25, 0.3) is 10.8 Å². The Morgan fingerprint density at radius 2 is 1.53 bits per heavy atom. The van der Waals surface area contributed by atoms with E-state index in [2.05, 4.69) is 31.2 Å². The van der Waals surface area contributed by atoms with Crippen LogP contribution in [0.4, 0.5) is 0 Å². The van der Waals surface area contributed by atoms with Crippen molar-refractivity contribution in [3.05, 3.63) is 119 Å². The van der Waals surface area contributed by atoms with Crippen molar-refractivity contribution in [3.8, 4) is 0 Å². The molecular formula is C27H22N2O. The summed E-state index contributed by atoms with van der Waals surface area (Å²) in [6.45, 7) is 2.62. The number of benzene rings is 4. The normalized spacial score (nSPS) is 16.0. The van der Waals surface area contributed by atoms with Gasteiger partial charge in [-0.15, -0.1) is 0 Å². The first-order valence-electron chi connectivity index (χ1n) is 10.2. The maximum absolute atomic E-state index is 13.8. The Balaban J connectivity index is 1.61. The number of carbonyl (C=O) groups is 1. The highest BCUT2D eigenvalue weighted by molar-refractivity contribution is 6.15. The van der Waals surface area contributed by atoms with Crippen molar-refractivity contribution in [1.82, 2.24) is 4.90 Å². The minimum atomic E-state index is -0.111. The molecule has 146 valence electrons. The summed E-state index contributed by atoms with van der Waals surface area (Å²) < 4.78 is 0. The van der Waals surface area contributed by atoms with Crippen LogP contribution in [0.15, 0.2) is 102 Å². The smallest absolute Gasteiger partial charge is 0.260 e. The monoisotopic (exact) mass is 390 g/mol. The molecule has 4 aromatic carbocycles. The highest BCUT2D eigenvalue weighted by Crippen LogP contribution is 2.32. The molecule has 1 heterocycles. The summed E-state index contributed by atoms with van der Waals surface area (Å²) >= 11 is 0. The van der Waals surface area contributed by atoms with Crippen molar-refractivity contribution in [3.63, 3.8) is 0 Å². The van der Waals surface area contributed by atoms with Crippen LogP contribution >= 0.6 is 0 Å².